The highest BCUT2D eigenvalue weighted by molar-refractivity contribution is 5.93. The molecule has 1 N–H and O–H groups in total. The second-order valence-electron chi connectivity index (χ2n) is 12.8. The van der Waals surface area contributed by atoms with Crippen molar-refractivity contribution in [2.24, 2.45) is 5.92 Å². The molecule has 3 fully saturated rings. The topological polar surface area (TPSA) is 74.7 Å². The molecule has 1 aliphatic carbocycles. The Morgan fingerprint density at radius 3 is 2.29 bits per heavy atom. The maximum Gasteiger partial charge on any atom is 0.250 e. The monoisotopic (exact) mass is 627 g/mol. The Morgan fingerprint density at radius 2 is 1.62 bits per heavy atom. The normalized spacial score (nSPS) is 20.0. The Kier molecular flexibility index (Phi) is 12.9. The second kappa shape index (κ2) is 16.6. The number of halogens is 1. The Morgan fingerprint density at radius 1 is 0.956 bits per heavy atom. The van der Waals surface area contributed by atoms with E-state index in [2.05, 4.69) is 9.80 Å². The van der Waals surface area contributed by atoms with Gasteiger partial charge >= 0.3 is 0 Å². The number of rotatable bonds is 12. The fraction of sp³-hybridized carbons (Fsp3) is 0.639. The first-order chi connectivity index (χ1) is 21.4. The summed E-state index contributed by atoms with van der Waals surface area (Å²) in [5, 5.41) is 10.9. The highest BCUT2D eigenvalue weighted by Crippen LogP contribution is 2.40. The lowest BCUT2D eigenvalue weighted by atomic mass is 9.84. The highest BCUT2D eigenvalue weighted by Gasteiger charge is 2.54. The van der Waals surface area contributed by atoms with Crippen LogP contribution in [0.2, 0.25) is 0 Å². The largest absolute Gasteiger partial charge is 0.493 e. The van der Waals surface area contributed by atoms with Gasteiger partial charge in [-0.3, -0.25) is 4.79 Å². The summed E-state index contributed by atoms with van der Waals surface area (Å²) in [6.45, 7) is 3.99. The van der Waals surface area contributed by atoms with Gasteiger partial charge in [-0.15, -0.1) is 0 Å². The standard InChI is InChI=1S/C35H50FN3O5.CH4/c1-42-32-15-10-27(22-33(32)43-2)16-21-44-25-31(40)24-38-26-39(30-13-11-29(36)12-14-30)35(34(38)41)17-19-37(20-18-35)23-28-8-6-4-3-5-7-9-28;/h10-15,22,28,31,40H,3-9,16-21,23-26H2,1-2H3;1H4/t31-;/m1./s1. The molecular formula is C36H54FN3O5. The number of nitrogens with zero attached hydrogens (tertiary/aromatic N) is 3. The molecule has 2 aliphatic heterocycles. The van der Waals surface area contributed by atoms with E-state index in [1.54, 1.807) is 31.3 Å². The summed E-state index contributed by atoms with van der Waals surface area (Å²) in [5.74, 6) is 1.85. The zero-order chi connectivity index (χ0) is 30.9. The van der Waals surface area contributed by atoms with Gasteiger partial charge in [0.15, 0.2) is 11.5 Å². The quantitative estimate of drug-likeness (QED) is 0.294. The molecule has 9 heteroatoms. The molecule has 45 heavy (non-hydrogen) atoms. The summed E-state index contributed by atoms with van der Waals surface area (Å²) in [7, 11) is 3.22. The molecule has 3 aliphatic rings. The number of ether oxygens (including phenoxy) is 3. The van der Waals surface area contributed by atoms with Crippen LogP contribution in [-0.4, -0.2) is 92.7 Å². The number of likely N-dealkylation sites (tertiary alicyclic amines) is 1. The zero-order valence-corrected chi connectivity index (χ0v) is 26.5. The molecule has 250 valence electrons. The molecule has 2 aromatic rings. The van der Waals surface area contributed by atoms with Gasteiger partial charge in [0.05, 0.1) is 46.8 Å². The van der Waals surface area contributed by atoms with Gasteiger partial charge in [0.25, 0.3) is 0 Å². The fourth-order valence-electron chi connectivity index (χ4n) is 7.30. The van der Waals surface area contributed by atoms with Crippen LogP contribution in [0.25, 0.3) is 0 Å². The van der Waals surface area contributed by atoms with Crippen molar-refractivity contribution in [2.45, 2.75) is 83.3 Å². The van der Waals surface area contributed by atoms with E-state index in [0.717, 1.165) is 49.6 Å². The van der Waals surface area contributed by atoms with Crippen LogP contribution in [0.15, 0.2) is 42.5 Å². The van der Waals surface area contributed by atoms with E-state index in [4.69, 9.17) is 14.2 Å². The fourth-order valence-corrected chi connectivity index (χ4v) is 7.30. The van der Waals surface area contributed by atoms with Gasteiger partial charge in [-0.1, -0.05) is 45.6 Å². The summed E-state index contributed by atoms with van der Waals surface area (Å²) < 4.78 is 30.3. The smallest absolute Gasteiger partial charge is 0.250 e. The van der Waals surface area contributed by atoms with Crippen LogP contribution in [0, 0.1) is 11.7 Å². The van der Waals surface area contributed by atoms with Crippen molar-refractivity contribution in [3.8, 4) is 11.5 Å². The van der Waals surface area contributed by atoms with E-state index in [0.29, 0.717) is 31.2 Å². The Bertz CT molecular complexity index is 1200. The average Bonchev–Trinajstić information content (AvgIpc) is 3.28. The number of carbonyl (C=O) groups is 1. The molecule has 2 heterocycles. The molecule has 1 spiro atoms. The SMILES string of the molecule is C.COc1ccc(CCOC[C@H](O)CN2CN(c3ccc(F)cc3)C3(CCN(CC4CCCCCCC4)CC3)C2=O)cc1OC. The van der Waals surface area contributed by atoms with E-state index < -0.39 is 11.6 Å². The minimum atomic E-state index is -0.811. The molecular weight excluding hydrogens is 573 g/mol. The molecule has 0 unspecified atom stereocenters. The number of aliphatic hydroxyl groups is 1. The lowest BCUT2D eigenvalue weighted by Crippen LogP contribution is -2.57. The third-order valence-corrected chi connectivity index (χ3v) is 9.80. The van der Waals surface area contributed by atoms with Crippen molar-refractivity contribution in [2.75, 3.05) is 65.2 Å². The van der Waals surface area contributed by atoms with E-state index in [1.807, 2.05) is 18.2 Å². The summed E-state index contributed by atoms with van der Waals surface area (Å²) in [4.78, 5) is 20.6. The highest BCUT2D eigenvalue weighted by atomic mass is 19.1. The van der Waals surface area contributed by atoms with Crippen molar-refractivity contribution in [3.05, 3.63) is 53.8 Å². The van der Waals surface area contributed by atoms with Crippen LogP contribution < -0.4 is 14.4 Å². The number of aliphatic hydroxyl groups excluding tert-OH is 1. The van der Waals surface area contributed by atoms with Crippen LogP contribution in [0.1, 0.15) is 70.8 Å². The third kappa shape index (κ3) is 8.69. The van der Waals surface area contributed by atoms with Gasteiger partial charge in [-0.2, -0.15) is 0 Å². The number of methoxy groups -OCH3 is 2. The van der Waals surface area contributed by atoms with Crippen LogP contribution in [0.4, 0.5) is 10.1 Å². The van der Waals surface area contributed by atoms with Crippen molar-refractivity contribution in [3.63, 3.8) is 0 Å². The Hall–Kier alpha value is -2.88. The predicted octanol–water partition coefficient (Wildman–Crippen LogP) is 5.90. The van der Waals surface area contributed by atoms with Gasteiger partial charge in [-0.05, 0) is 80.0 Å². The van der Waals surface area contributed by atoms with Gasteiger partial charge in [0, 0.05) is 25.3 Å². The van der Waals surface area contributed by atoms with Crippen LogP contribution in [-0.2, 0) is 16.0 Å². The number of piperidine rings is 1. The summed E-state index contributed by atoms with van der Waals surface area (Å²) in [6.07, 6.45) is 10.7. The first kappa shape index (κ1) is 35.0. The molecule has 5 rings (SSSR count). The van der Waals surface area contributed by atoms with E-state index in [1.165, 1.54) is 57.1 Å². The number of benzene rings is 2. The molecule has 0 radical (unpaired) electrons. The Balaban J connectivity index is 0.00000461. The van der Waals surface area contributed by atoms with Crippen molar-refractivity contribution < 1.29 is 28.5 Å². The second-order valence-corrected chi connectivity index (χ2v) is 12.8. The van der Waals surface area contributed by atoms with Crippen molar-refractivity contribution in [1.29, 1.82) is 0 Å². The third-order valence-electron chi connectivity index (χ3n) is 9.80. The zero-order valence-electron chi connectivity index (χ0n) is 26.5. The summed E-state index contributed by atoms with van der Waals surface area (Å²) in [6, 6.07) is 12.2. The average molecular weight is 628 g/mol. The first-order valence-electron chi connectivity index (χ1n) is 16.4. The van der Waals surface area contributed by atoms with Crippen molar-refractivity contribution in [1.82, 2.24) is 9.80 Å². The lowest BCUT2D eigenvalue weighted by molar-refractivity contribution is -0.135. The molecule has 1 amide bonds. The van der Waals surface area contributed by atoms with Gasteiger partial charge in [0.1, 0.15) is 11.4 Å². The van der Waals surface area contributed by atoms with Crippen LogP contribution in [0.5, 0.6) is 11.5 Å². The van der Waals surface area contributed by atoms with Crippen molar-refractivity contribution >= 4 is 11.6 Å². The molecule has 2 saturated heterocycles. The van der Waals surface area contributed by atoms with Crippen LogP contribution >= 0.6 is 0 Å². The minimum absolute atomic E-state index is 0. The molecule has 0 aromatic heterocycles. The number of carbonyl (C=O) groups excluding carboxylic acids is 1. The molecule has 1 saturated carbocycles. The number of anilines is 1. The molecule has 1 atom stereocenters. The molecule has 0 bridgehead atoms. The van der Waals surface area contributed by atoms with E-state index >= 15 is 0 Å². The minimum Gasteiger partial charge on any atom is -0.493 e. The van der Waals surface area contributed by atoms with Gasteiger partial charge < -0.3 is 34.0 Å². The number of β-amino-alcohol motifs (C(OH)–C–C–N with tert-alkyl or cyclic N) is 1. The predicted molar refractivity (Wildman–Crippen MR) is 176 cm³/mol. The van der Waals surface area contributed by atoms with Gasteiger partial charge in [-0.25, -0.2) is 4.39 Å². The van der Waals surface area contributed by atoms with Crippen LogP contribution in [0.3, 0.4) is 0 Å². The van der Waals surface area contributed by atoms with E-state index in [-0.39, 0.29) is 32.3 Å². The maximum absolute atomic E-state index is 14.1. The molecule has 8 nitrogen and oxygen atoms in total. The lowest BCUT2D eigenvalue weighted by Gasteiger charge is -2.44. The van der Waals surface area contributed by atoms with Gasteiger partial charge in [0.2, 0.25) is 5.91 Å². The number of amides is 1. The molecule has 2 aromatic carbocycles. The maximum atomic E-state index is 14.1. The number of hydrogen-bond acceptors (Lipinski definition) is 7. The Labute approximate surface area is 269 Å². The first-order valence-corrected chi connectivity index (χ1v) is 16.4. The summed E-state index contributed by atoms with van der Waals surface area (Å²) in [5.41, 5.74) is 1.21. The number of hydrogen-bond donors (Lipinski definition) is 1. The summed E-state index contributed by atoms with van der Waals surface area (Å²) >= 11 is 0. The van der Waals surface area contributed by atoms with E-state index in [9.17, 15) is 14.3 Å².